The van der Waals surface area contributed by atoms with Crippen LogP contribution in [-0.4, -0.2) is 66.1 Å². The molecule has 0 bridgehead atoms. The number of hydrogen-bond donors (Lipinski definition) is 2. The Bertz CT molecular complexity index is 808. The summed E-state index contributed by atoms with van der Waals surface area (Å²) in [6, 6.07) is 7.90. The van der Waals surface area contributed by atoms with Crippen molar-refractivity contribution in [3.05, 3.63) is 42.7 Å². The van der Waals surface area contributed by atoms with Crippen LogP contribution in [-0.2, 0) is 4.79 Å². The minimum atomic E-state index is -0.672. The van der Waals surface area contributed by atoms with Gasteiger partial charge in [-0.2, -0.15) is 0 Å². The summed E-state index contributed by atoms with van der Waals surface area (Å²) >= 11 is 0. The van der Waals surface area contributed by atoms with Crippen LogP contribution in [0.2, 0.25) is 0 Å². The van der Waals surface area contributed by atoms with Crippen molar-refractivity contribution in [3.8, 4) is 5.75 Å². The number of piperazine rings is 1. The summed E-state index contributed by atoms with van der Waals surface area (Å²) in [5.41, 5.74) is 0.613. The highest BCUT2D eigenvalue weighted by molar-refractivity contribution is 5.96. The van der Waals surface area contributed by atoms with E-state index in [1.165, 1.54) is 0 Å². The number of nitrogens with zero attached hydrogens (tertiary/aromatic N) is 4. The quantitative estimate of drug-likeness (QED) is 0.807. The molecule has 1 aromatic carbocycles. The molecule has 1 aliphatic rings. The van der Waals surface area contributed by atoms with Crippen molar-refractivity contribution in [2.24, 2.45) is 0 Å². The van der Waals surface area contributed by atoms with Gasteiger partial charge < -0.3 is 25.2 Å². The molecule has 2 aromatic rings. The Morgan fingerprint density at radius 3 is 2.50 bits per heavy atom. The number of anilines is 2. The molecule has 28 heavy (non-hydrogen) atoms. The molecule has 0 saturated carbocycles. The van der Waals surface area contributed by atoms with Gasteiger partial charge >= 0.3 is 6.03 Å². The largest absolute Gasteiger partial charge is 0.497 e. The Kier molecular flexibility index (Phi) is 6.25. The molecule has 2 heterocycles. The molecule has 2 N–H and O–H groups in total. The molecule has 9 heteroatoms. The van der Waals surface area contributed by atoms with Crippen LogP contribution in [0.4, 0.5) is 16.4 Å². The number of amides is 3. The average Bonchev–Trinajstić information content (AvgIpc) is 2.74. The lowest BCUT2D eigenvalue weighted by Gasteiger charge is -2.35. The molecule has 0 unspecified atom stereocenters. The van der Waals surface area contributed by atoms with Crippen LogP contribution in [0.25, 0.3) is 0 Å². The number of nitrogens with one attached hydrogen (secondary N) is 2. The van der Waals surface area contributed by atoms with Crippen molar-refractivity contribution >= 4 is 23.6 Å². The van der Waals surface area contributed by atoms with Gasteiger partial charge in [-0.3, -0.25) is 4.79 Å². The topological polar surface area (TPSA) is 99.7 Å². The average molecular weight is 384 g/mol. The summed E-state index contributed by atoms with van der Waals surface area (Å²) in [4.78, 5) is 37.0. The molecular weight excluding hydrogens is 360 g/mol. The van der Waals surface area contributed by atoms with Gasteiger partial charge in [0, 0.05) is 50.3 Å². The van der Waals surface area contributed by atoms with E-state index in [2.05, 4.69) is 20.6 Å². The maximum atomic E-state index is 12.5. The van der Waals surface area contributed by atoms with Gasteiger partial charge in [-0.05, 0) is 25.1 Å². The smallest absolute Gasteiger partial charge is 0.318 e. The molecule has 0 spiro atoms. The zero-order valence-corrected chi connectivity index (χ0v) is 16.0. The number of benzene rings is 1. The lowest BCUT2D eigenvalue weighted by atomic mass is 10.2. The van der Waals surface area contributed by atoms with Gasteiger partial charge in [0.25, 0.3) is 0 Å². The minimum absolute atomic E-state index is 0.262. The number of methoxy groups -OCH3 is 1. The van der Waals surface area contributed by atoms with Crippen molar-refractivity contribution in [1.29, 1.82) is 0 Å². The van der Waals surface area contributed by atoms with Crippen LogP contribution in [0, 0.1) is 0 Å². The highest BCUT2D eigenvalue weighted by atomic mass is 16.5. The lowest BCUT2D eigenvalue weighted by molar-refractivity contribution is -0.117. The Balaban J connectivity index is 1.48. The van der Waals surface area contributed by atoms with Crippen molar-refractivity contribution in [1.82, 2.24) is 20.2 Å². The SMILES string of the molecule is COc1cccc(NC(=O)[C@H](C)NC(=O)N2CCN(c3ncccn3)CC2)c1. The van der Waals surface area contributed by atoms with Crippen molar-refractivity contribution in [2.45, 2.75) is 13.0 Å². The third-order valence-corrected chi connectivity index (χ3v) is 4.47. The third kappa shape index (κ3) is 4.87. The van der Waals surface area contributed by atoms with Crippen molar-refractivity contribution in [3.63, 3.8) is 0 Å². The predicted octanol–water partition coefficient (Wildman–Crippen LogP) is 1.34. The van der Waals surface area contributed by atoms with E-state index in [-0.39, 0.29) is 11.9 Å². The van der Waals surface area contributed by atoms with Gasteiger partial charge in [-0.15, -0.1) is 0 Å². The van der Waals surface area contributed by atoms with E-state index in [0.717, 1.165) is 0 Å². The standard InChI is InChI=1S/C19H24N6O3/c1-14(17(26)23-15-5-3-6-16(13-15)28-2)22-19(27)25-11-9-24(10-12-25)18-20-7-4-8-21-18/h3-8,13-14H,9-12H2,1-2H3,(H,22,27)(H,23,26)/t14-/m0/s1. The molecular formula is C19H24N6O3. The first-order chi connectivity index (χ1) is 13.6. The van der Waals surface area contributed by atoms with Crippen LogP contribution in [0.15, 0.2) is 42.7 Å². The number of aromatic nitrogens is 2. The molecule has 1 aliphatic heterocycles. The zero-order chi connectivity index (χ0) is 19.9. The maximum absolute atomic E-state index is 12.5. The summed E-state index contributed by atoms with van der Waals surface area (Å²) in [7, 11) is 1.56. The van der Waals surface area contributed by atoms with Crippen LogP contribution in [0.1, 0.15) is 6.92 Å². The second-order valence-electron chi connectivity index (χ2n) is 6.42. The lowest BCUT2D eigenvalue weighted by Crippen LogP contribution is -2.55. The van der Waals surface area contributed by atoms with E-state index in [4.69, 9.17) is 4.74 Å². The van der Waals surface area contributed by atoms with E-state index >= 15 is 0 Å². The molecule has 1 atom stereocenters. The van der Waals surface area contributed by atoms with Gasteiger partial charge in [-0.25, -0.2) is 14.8 Å². The van der Waals surface area contributed by atoms with Crippen molar-refractivity contribution < 1.29 is 14.3 Å². The van der Waals surface area contributed by atoms with Gasteiger partial charge in [0.15, 0.2) is 0 Å². The number of hydrogen-bond acceptors (Lipinski definition) is 6. The van der Waals surface area contributed by atoms with Crippen LogP contribution in [0.5, 0.6) is 5.75 Å². The maximum Gasteiger partial charge on any atom is 0.318 e. The normalized spacial score (nSPS) is 14.9. The van der Waals surface area contributed by atoms with Crippen LogP contribution < -0.4 is 20.3 Å². The number of rotatable bonds is 5. The number of carbonyl (C=O) groups excluding carboxylic acids is 2. The number of carbonyl (C=O) groups is 2. The molecule has 9 nitrogen and oxygen atoms in total. The predicted molar refractivity (Wildman–Crippen MR) is 105 cm³/mol. The summed E-state index contributed by atoms with van der Waals surface area (Å²) in [6.45, 7) is 4.01. The van der Waals surface area contributed by atoms with Gasteiger partial charge in [0.05, 0.1) is 7.11 Å². The molecule has 0 radical (unpaired) electrons. The summed E-state index contributed by atoms with van der Waals surface area (Å²) in [5, 5.41) is 5.52. The Hall–Kier alpha value is -3.36. The first kappa shape index (κ1) is 19.4. The fourth-order valence-electron chi connectivity index (χ4n) is 2.86. The molecule has 148 valence electrons. The Labute approximate surface area is 163 Å². The monoisotopic (exact) mass is 384 g/mol. The van der Waals surface area contributed by atoms with Crippen LogP contribution >= 0.6 is 0 Å². The second-order valence-corrected chi connectivity index (χ2v) is 6.42. The first-order valence-corrected chi connectivity index (χ1v) is 9.09. The van der Waals surface area contributed by atoms with Gasteiger partial charge in [-0.1, -0.05) is 6.07 Å². The summed E-state index contributed by atoms with van der Waals surface area (Å²) in [6.07, 6.45) is 3.40. The fraction of sp³-hybridized carbons (Fsp3) is 0.368. The van der Waals surface area contributed by atoms with Gasteiger partial charge in [0.2, 0.25) is 11.9 Å². The van der Waals surface area contributed by atoms with Crippen molar-refractivity contribution in [2.75, 3.05) is 43.5 Å². The number of ether oxygens (including phenoxy) is 1. The molecule has 1 saturated heterocycles. The van der Waals surface area contributed by atoms with E-state index in [0.29, 0.717) is 43.6 Å². The van der Waals surface area contributed by atoms with E-state index < -0.39 is 6.04 Å². The fourth-order valence-corrected chi connectivity index (χ4v) is 2.86. The highest BCUT2D eigenvalue weighted by Gasteiger charge is 2.25. The summed E-state index contributed by atoms with van der Waals surface area (Å²) < 4.78 is 5.14. The third-order valence-electron chi connectivity index (χ3n) is 4.47. The zero-order valence-electron chi connectivity index (χ0n) is 16.0. The Morgan fingerprint density at radius 1 is 1.11 bits per heavy atom. The van der Waals surface area contributed by atoms with E-state index in [1.807, 2.05) is 4.90 Å². The highest BCUT2D eigenvalue weighted by Crippen LogP contribution is 2.17. The minimum Gasteiger partial charge on any atom is -0.497 e. The van der Waals surface area contributed by atoms with Gasteiger partial charge in [0.1, 0.15) is 11.8 Å². The Morgan fingerprint density at radius 2 is 1.82 bits per heavy atom. The molecule has 3 rings (SSSR count). The first-order valence-electron chi connectivity index (χ1n) is 9.09. The van der Waals surface area contributed by atoms with E-state index in [1.54, 1.807) is 61.7 Å². The molecule has 3 amide bonds. The second kappa shape index (κ2) is 9.03. The summed E-state index contributed by atoms with van der Waals surface area (Å²) in [5.74, 6) is 1.02. The molecule has 1 aromatic heterocycles. The number of urea groups is 1. The van der Waals surface area contributed by atoms with E-state index in [9.17, 15) is 9.59 Å². The van der Waals surface area contributed by atoms with Crippen LogP contribution in [0.3, 0.4) is 0 Å². The molecule has 0 aliphatic carbocycles. The molecule has 1 fully saturated rings.